The van der Waals surface area contributed by atoms with E-state index < -0.39 is 0 Å². The summed E-state index contributed by atoms with van der Waals surface area (Å²) >= 11 is 5.14. The van der Waals surface area contributed by atoms with Crippen molar-refractivity contribution >= 4 is 27.3 Å². The lowest BCUT2D eigenvalue weighted by molar-refractivity contribution is 0.803. The monoisotopic (exact) mass is 319 g/mol. The molecule has 3 aromatic rings. The second-order valence-corrected chi connectivity index (χ2v) is 5.73. The van der Waals surface area contributed by atoms with E-state index >= 15 is 0 Å². The Morgan fingerprint density at radius 3 is 3.06 bits per heavy atom. The molecule has 0 amide bonds. The highest BCUT2D eigenvalue weighted by molar-refractivity contribution is 9.10. The zero-order valence-electron chi connectivity index (χ0n) is 9.45. The largest absolute Gasteiger partial charge is 0.326 e. The summed E-state index contributed by atoms with van der Waals surface area (Å²) in [5, 5.41) is 2.06. The van der Waals surface area contributed by atoms with Crippen molar-refractivity contribution in [1.82, 2.24) is 14.5 Å². The Bertz CT molecular complexity index is 646. The lowest BCUT2D eigenvalue weighted by Gasteiger charge is -2.06. The van der Waals surface area contributed by atoms with Crippen LogP contribution in [-0.2, 0) is 6.54 Å². The van der Waals surface area contributed by atoms with Crippen LogP contribution in [0, 0.1) is 0 Å². The molecule has 5 heteroatoms. The molecule has 0 N–H and O–H groups in total. The summed E-state index contributed by atoms with van der Waals surface area (Å²) in [5.41, 5.74) is 1.15. The third-order valence-corrected chi connectivity index (χ3v) is 3.87. The number of thiophene rings is 1. The first-order valence-corrected chi connectivity index (χ1v) is 7.14. The second kappa shape index (κ2) is 5.04. The molecule has 18 heavy (non-hydrogen) atoms. The van der Waals surface area contributed by atoms with Crippen molar-refractivity contribution in [2.24, 2.45) is 0 Å². The summed E-state index contributed by atoms with van der Waals surface area (Å²) in [5.74, 6) is 1.00. The van der Waals surface area contributed by atoms with Crippen LogP contribution in [0.1, 0.15) is 5.56 Å². The standard InChI is InChI=1S/C13H10BrN3S/c14-11-6-10(7-15-8-11)9-17-4-3-16-13(17)12-2-1-5-18-12/h1-8H,9H2. The topological polar surface area (TPSA) is 30.7 Å². The molecule has 3 heterocycles. The molecule has 0 aromatic carbocycles. The minimum Gasteiger partial charge on any atom is -0.326 e. The lowest BCUT2D eigenvalue weighted by Crippen LogP contribution is -2.00. The van der Waals surface area contributed by atoms with Crippen molar-refractivity contribution in [3.8, 4) is 10.7 Å². The lowest BCUT2D eigenvalue weighted by atomic mass is 10.3. The first-order valence-electron chi connectivity index (χ1n) is 5.47. The Kier molecular flexibility index (Phi) is 3.25. The zero-order valence-corrected chi connectivity index (χ0v) is 11.9. The molecule has 3 nitrogen and oxygen atoms in total. The van der Waals surface area contributed by atoms with Gasteiger partial charge in [-0.15, -0.1) is 11.3 Å². The third kappa shape index (κ3) is 2.37. The van der Waals surface area contributed by atoms with Crippen molar-refractivity contribution in [2.75, 3.05) is 0 Å². The number of imidazole rings is 1. The number of rotatable bonds is 3. The predicted molar refractivity (Wildman–Crippen MR) is 76.6 cm³/mol. The minimum absolute atomic E-state index is 0.777. The zero-order chi connectivity index (χ0) is 12.4. The Morgan fingerprint density at radius 1 is 1.33 bits per heavy atom. The van der Waals surface area contributed by atoms with Gasteiger partial charge in [0.2, 0.25) is 0 Å². The van der Waals surface area contributed by atoms with Crippen LogP contribution in [-0.4, -0.2) is 14.5 Å². The highest BCUT2D eigenvalue weighted by atomic mass is 79.9. The number of hydrogen-bond donors (Lipinski definition) is 0. The van der Waals surface area contributed by atoms with E-state index in [9.17, 15) is 0 Å². The summed E-state index contributed by atoms with van der Waals surface area (Å²) in [4.78, 5) is 9.78. The van der Waals surface area contributed by atoms with Crippen molar-refractivity contribution in [3.63, 3.8) is 0 Å². The van der Waals surface area contributed by atoms with Gasteiger partial charge in [0.1, 0.15) is 5.82 Å². The Morgan fingerprint density at radius 2 is 2.28 bits per heavy atom. The predicted octanol–water partition coefficient (Wildman–Crippen LogP) is 3.82. The van der Waals surface area contributed by atoms with Gasteiger partial charge in [-0.1, -0.05) is 6.07 Å². The summed E-state index contributed by atoms with van der Waals surface area (Å²) in [6.45, 7) is 0.777. The molecular weight excluding hydrogens is 310 g/mol. The molecule has 0 aliphatic rings. The maximum absolute atomic E-state index is 4.42. The van der Waals surface area contributed by atoms with Crippen LogP contribution in [0.3, 0.4) is 0 Å². The SMILES string of the molecule is Brc1cncc(Cn2ccnc2-c2cccs2)c1. The maximum atomic E-state index is 4.42. The molecule has 0 bridgehead atoms. The summed E-state index contributed by atoms with van der Waals surface area (Å²) in [6, 6.07) is 6.20. The molecule has 0 radical (unpaired) electrons. The molecule has 0 saturated carbocycles. The van der Waals surface area contributed by atoms with Gasteiger partial charge in [-0.3, -0.25) is 4.98 Å². The molecule has 0 fully saturated rings. The molecule has 0 atom stereocenters. The van der Waals surface area contributed by atoms with Crippen molar-refractivity contribution in [3.05, 3.63) is 58.4 Å². The number of pyridine rings is 1. The number of aromatic nitrogens is 3. The molecule has 90 valence electrons. The molecule has 0 spiro atoms. The van der Waals surface area contributed by atoms with Gasteiger partial charge < -0.3 is 4.57 Å². The van der Waals surface area contributed by atoms with Gasteiger partial charge in [-0.25, -0.2) is 4.98 Å². The van der Waals surface area contributed by atoms with E-state index in [0.717, 1.165) is 22.4 Å². The molecule has 0 aliphatic heterocycles. The van der Waals surface area contributed by atoms with Crippen molar-refractivity contribution in [2.45, 2.75) is 6.54 Å². The fourth-order valence-corrected chi connectivity index (χ4v) is 2.96. The number of nitrogens with zero attached hydrogens (tertiary/aromatic N) is 3. The average Bonchev–Trinajstić information content (AvgIpc) is 2.98. The fourth-order valence-electron chi connectivity index (χ4n) is 1.81. The molecule has 3 rings (SSSR count). The normalized spacial score (nSPS) is 10.7. The quantitative estimate of drug-likeness (QED) is 0.734. The van der Waals surface area contributed by atoms with E-state index in [1.807, 2.05) is 24.7 Å². The third-order valence-electron chi connectivity index (χ3n) is 2.57. The molecule has 0 unspecified atom stereocenters. The van der Waals surface area contributed by atoms with Crippen molar-refractivity contribution in [1.29, 1.82) is 0 Å². The van der Waals surface area contributed by atoms with Crippen LogP contribution in [0.25, 0.3) is 10.7 Å². The van der Waals surface area contributed by atoms with E-state index in [1.54, 1.807) is 17.5 Å². The molecule has 3 aromatic heterocycles. The van der Waals surface area contributed by atoms with Crippen LogP contribution in [0.2, 0.25) is 0 Å². The number of hydrogen-bond acceptors (Lipinski definition) is 3. The van der Waals surface area contributed by atoms with E-state index in [1.165, 1.54) is 4.88 Å². The highest BCUT2D eigenvalue weighted by Gasteiger charge is 2.07. The van der Waals surface area contributed by atoms with Crippen molar-refractivity contribution < 1.29 is 0 Å². The van der Waals surface area contributed by atoms with Gasteiger partial charge in [0.25, 0.3) is 0 Å². The van der Waals surface area contributed by atoms with E-state index in [-0.39, 0.29) is 0 Å². The fraction of sp³-hybridized carbons (Fsp3) is 0.0769. The van der Waals surface area contributed by atoms with Crippen LogP contribution in [0.15, 0.2) is 52.8 Å². The van der Waals surface area contributed by atoms with Gasteiger partial charge in [0.05, 0.1) is 11.4 Å². The smallest absolute Gasteiger partial charge is 0.150 e. The Hall–Kier alpha value is -1.46. The Labute approximate surface area is 117 Å². The van der Waals surface area contributed by atoms with Gasteiger partial charge >= 0.3 is 0 Å². The summed E-state index contributed by atoms with van der Waals surface area (Å²) in [7, 11) is 0. The first-order chi connectivity index (χ1) is 8.83. The van der Waals surface area contributed by atoms with E-state index in [0.29, 0.717) is 0 Å². The number of halogens is 1. The minimum atomic E-state index is 0.777. The molecule has 0 aliphatic carbocycles. The van der Waals surface area contributed by atoms with E-state index in [4.69, 9.17) is 0 Å². The summed E-state index contributed by atoms with van der Waals surface area (Å²) < 4.78 is 3.13. The highest BCUT2D eigenvalue weighted by Crippen LogP contribution is 2.23. The molecular formula is C13H10BrN3S. The van der Waals surface area contributed by atoms with Crippen LogP contribution in [0.5, 0.6) is 0 Å². The Balaban J connectivity index is 1.92. The second-order valence-electron chi connectivity index (χ2n) is 3.87. The van der Waals surface area contributed by atoms with Gasteiger partial charge in [-0.2, -0.15) is 0 Å². The summed E-state index contributed by atoms with van der Waals surface area (Å²) in [6.07, 6.45) is 7.50. The van der Waals surface area contributed by atoms with Gasteiger partial charge in [-0.05, 0) is 39.0 Å². The first kappa shape index (κ1) is 11.6. The maximum Gasteiger partial charge on any atom is 0.150 e. The van der Waals surface area contributed by atoms with Crippen LogP contribution < -0.4 is 0 Å². The molecule has 0 saturated heterocycles. The van der Waals surface area contributed by atoms with Crippen LogP contribution >= 0.6 is 27.3 Å². The van der Waals surface area contributed by atoms with Gasteiger partial charge in [0, 0.05) is 29.3 Å². The van der Waals surface area contributed by atoms with Crippen LogP contribution in [0.4, 0.5) is 0 Å². The van der Waals surface area contributed by atoms with Gasteiger partial charge in [0.15, 0.2) is 0 Å². The average molecular weight is 320 g/mol. The van der Waals surface area contributed by atoms with E-state index in [2.05, 4.69) is 48.0 Å².